The van der Waals surface area contributed by atoms with Gasteiger partial charge in [0, 0.05) is 17.8 Å². The largest absolute Gasteiger partial charge is 0.461 e. The monoisotopic (exact) mass is 436 g/mol. The van der Waals surface area contributed by atoms with Crippen LogP contribution in [-0.2, 0) is 20.9 Å². The number of nitrogens with one attached hydrogen (secondary N) is 1. The first-order valence-corrected chi connectivity index (χ1v) is 10.8. The number of nitrogens with two attached hydrogens (primary N) is 1. The first-order valence-electron chi connectivity index (χ1n) is 10.8. The molecule has 0 aromatic heterocycles. The smallest absolute Gasteiger partial charge is 0.414 e. The summed E-state index contributed by atoms with van der Waals surface area (Å²) >= 11 is 0. The van der Waals surface area contributed by atoms with Crippen molar-refractivity contribution in [2.24, 2.45) is 11.7 Å². The van der Waals surface area contributed by atoms with Crippen LogP contribution in [0.5, 0.6) is 0 Å². The fourth-order valence-electron chi connectivity index (χ4n) is 4.13. The van der Waals surface area contributed by atoms with E-state index in [1.54, 1.807) is 29.2 Å². The normalized spacial score (nSPS) is 19.6. The Morgan fingerprint density at radius 1 is 1.09 bits per heavy atom. The van der Waals surface area contributed by atoms with E-state index >= 15 is 0 Å². The van der Waals surface area contributed by atoms with Crippen molar-refractivity contribution >= 4 is 23.6 Å². The molecule has 168 valence electrons. The molecule has 1 amide bonds. The minimum atomic E-state index is -0.370. The van der Waals surface area contributed by atoms with Crippen LogP contribution in [0.1, 0.15) is 24.0 Å². The SMILES string of the molecule is N=C(N)c1ccc(N2C[C@H](CN3CCC(C(=O)OCc4ccccc4)CC3)OC2=O)cc1. The summed E-state index contributed by atoms with van der Waals surface area (Å²) in [6.07, 6.45) is 0.885. The maximum Gasteiger partial charge on any atom is 0.414 e. The molecule has 2 fully saturated rings. The Hall–Kier alpha value is -3.39. The van der Waals surface area contributed by atoms with Crippen LogP contribution in [0.2, 0.25) is 0 Å². The average Bonchev–Trinajstić information content (AvgIpc) is 3.18. The minimum absolute atomic E-state index is 0.00854. The molecule has 2 aromatic carbocycles. The topological polar surface area (TPSA) is 109 Å². The van der Waals surface area contributed by atoms with Crippen molar-refractivity contribution in [1.82, 2.24) is 4.90 Å². The summed E-state index contributed by atoms with van der Waals surface area (Å²) in [5.41, 5.74) is 7.81. The van der Waals surface area contributed by atoms with Gasteiger partial charge in [-0.25, -0.2) is 4.79 Å². The molecule has 4 rings (SSSR count). The number of hydrogen-bond donors (Lipinski definition) is 2. The van der Waals surface area contributed by atoms with Crippen LogP contribution in [0, 0.1) is 11.3 Å². The number of hydrogen-bond acceptors (Lipinski definition) is 6. The second-order valence-electron chi connectivity index (χ2n) is 8.25. The van der Waals surface area contributed by atoms with Crippen molar-refractivity contribution in [3.05, 3.63) is 65.7 Å². The van der Waals surface area contributed by atoms with Crippen LogP contribution in [0.25, 0.3) is 0 Å². The van der Waals surface area contributed by atoms with Crippen LogP contribution in [0.4, 0.5) is 10.5 Å². The van der Waals surface area contributed by atoms with Gasteiger partial charge in [-0.3, -0.25) is 20.0 Å². The molecule has 0 radical (unpaired) electrons. The summed E-state index contributed by atoms with van der Waals surface area (Å²) in [6.45, 7) is 2.96. The van der Waals surface area contributed by atoms with Crippen molar-refractivity contribution in [2.45, 2.75) is 25.6 Å². The number of likely N-dealkylation sites (tertiary alicyclic amines) is 1. The Kier molecular flexibility index (Phi) is 6.70. The molecular formula is C24H28N4O4. The lowest BCUT2D eigenvalue weighted by Gasteiger charge is -2.31. The average molecular weight is 437 g/mol. The molecule has 32 heavy (non-hydrogen) atoms. The molecule has 1 atom stereocenters. The zero-order valence-corrected chi connectivity index (χ0v) is 17.9. The van der Waals surface area contributed by atoms with E-state index in [0.29, 0.717) is 25.3 Å². The Morgan fingerprint density at radius 3 is 2.44 bits per heavy atom. The van der Waals surface area contributed by atoms with Crippen molar-refractivity contribution in [3.8, 4) is 0 Å². The van der Waals surface area contributed by atoms with Gasteiger partial charge in [-0.05, 0) is 55.8 Å². The summed E-state index contributed by atoms with van der Waals surface area (Å²) < 4.78 is 11.0. The number of benzene rings is 2. The van der Waals surface area contributed by atoms with E-state index in [1.165, 1.54) is 0 Å². The third kappa shape index (κ3) is 5.26. The lowest BCUT2D eigenvalue weighted by atomic mass is 9.97. The summed E-state index contributed by atoms with van der Waals surface area (Å²) in [4.78, 5) is 28.6. The van der Waals surface area contributed by atoms with Crippen molar-refractivity contribution < 1.29 is 19.1 Å². The van der Waals surface area contributed by atoms with Gasteiger partial charge in [-0.15, -0.1) is 0 Å². The van der Waals surface area contributed by atoms with E-state index in [1.807, 2.05) is 30.3 Å². The lowest BCUT2D eigenvalue weighted by molar-refractivity contribution is -0.151. The van der Waals surface area contributed by atoms with Gasteiger partial charge < -0.3 is 15.2 Å². The Labute approximate surface area is 187 Å². The van der Waals surface area contributed by atoms with Gasteiger partial charge in [-0.2, -0.15) is 0 Å². The predicted octanol–water partition coefficient (Wildman–Crippen LogP) is 2.75. The Bertz CT molecular complexity index is 956. The zero-order chi connectivity index (χ0) is 22.5. The molecule has 0 saturated carbocycles. The van der Waals surface area contributed by atoms with Crippen molar-refractivity contribution in [1.29, 1.82) is 5.41 Å². The summed E-state index contributed by atoms with van der Waals surface area (Å²) in [6, 6.07) is 16.7. The van der Waals surface area contributed by atoms with Gasteiger partial charge in [0.2, 0.25) is 0 Å². The molecule has 2 saturated heterocycles. The highest BCUT2D eigenvalue weighted by atomic mass is 16.6. The molecule has 8 nitrogen and oxygen atoms in total. The van der Waals surface area contributed by atoms with Crippen molar-refractivity contribution in [2.75, 3.05) is 31.1 Å². The number of rotatable bonds is 7. The Balaban J connectivity index is 1.22. The molecular weight excluding hydrogens is 408 g/mol. The third-order valence-corrected chi connectivity index (χ3v) is 5.97. The fraction of sp³-hybridized carbons (Fsp3) is 0.375. The van der Waals surface area contributed by atoms with E-state index in [-0.39, 0.29) is 29.9 Å². The maximum absolute atomic E-state index is 12.4. The van der Waals surface area contributed by atoms with Crippen LogP contribution < -0.4 is 10.6 Å². The molecule has 2 aliphatic heterocycles. The van der Waals surface area contributed by atoms with E-state index in [9.17, 15) is 9.59 Å². The standard InChI is InChI=1S/C24H28N4O4/c25-22(26)18-6-8-20(9-7-18)28-15-21(32-24(28)30)14-27-12-10-19(11-13-27)23(29)31-16-17-4-2-1-3-5-17/h1-9,19,21H,10-16H2,(H3,25,26)/t21-/m0/s1. The number of amidine groups is 1. The number of nitrogens with zero attached hydrogens (tertiary/aromatic N) is 2. The minimum Gasteiger partial charge on any atom is -0.461 e. The van der Waals surface area contributed by atoms with Gasteiger partial charge in [0.15, 0.2) is 0 Å². The quantitative estimate of drug-likeness (QED) is 0.392. The number of amides is 1. The number of anilines is 1. The van der Waals surface area contributed by atoms with Crippen LogP contribution >= 0.6 is 0 Å². The van der Waals surface area contributed by atoms with Crippen molar-refractivity contribution in [3.63, 3.8) is 0 Å². The van der Waals surface area contributed by atoms with Gasteiger partial charge in [0.1, 0.15) is 18.5 Å². The zero-order valence-electron chi connectivity index (χ0n) is 17.9. The first-order chi connectivity index (χ1) is 15.5. The van der Waals surface area contributed by atoms with E-state index in [4.69, 9.17) is 20.6 Å². The molecule has 0 spiro atoms. The lowest BCUT2D eigenvalue weighted by Crippen LogP contribution is -2.41. The molecule has 2 aliphatic rings. The summed E-state index contributed by atoms with van der Waals surface area (Å²) in [5, 5.41) is 7.47. The van der Waals surface area contributed by atoms with Crippen LogP contribution in [0.15, 0.2) is 54.6 Å². The van der Waals surface area contributed by atoms with Gasteiger partial charge >= 0.3 is 12.1 Å². The molecule has 0 bridgehead atoms. The van der Waals surface area contributed by atoms with Gasteiger partial charge in [0.05, 0.1) is 12.5 Å². The molecule has 0 aliphatic carbocycles. The van der Waals surface area contributed by atoms with Gasteiger partial charge in [-0.1, -0.05) is 30.3 Å². The number of cyclic esters (lactones) is 1. The van der Waals surface area contributed by atoms with E-state index < -0.39 is 0 Å². The number of nitrogen functional groups attached to an aromatic ring is 1. The molecule has 2 heterocycles. The highest BCUT2D eigenvalue weighted by molar-refractivity contribution is 5.96. The first kappa shape index (κ1) is 21.8. The molecule has 2 aromatic rings. The predicted molar refractivity (Wildman–Crippen MR) is 120 cm³/mol. The fourth-order valence-corrected chi connectivity index (χ4v) is 4.13. The van der Waals surface area contributed by atoms with Gasteiger partial charge in [0.25, 0.3) is 0 Å². The highest BCUT2D eigenvalue weighted by Crippen LogP contribution is 2.24. The van der Waals surface area contributed by atoms with E-state index in [2.05, 4.69) is 4.90 Å². The molecule has 8 heteroatoms. The highest BCUT2D eigenvalue weighted by Gasteiger charge is 2.35. The molecule has 3 N–H and O–H groups in total. The number of piperidine rings is 1. The second-order valence-corrected chi connectivity index (χ2v) is 8.25. The van der Waals surface area contributed by atoms with Crippen LogP contribution in [0.3, 0.4) is 0 Å². The number of carbonyl (C=O) groups is 2. The number of carbonyl (C=O) groups excluding carboxylic acids is 2. The number of esters is 1. The summed E-state index contributed by atoms with van der Waals surface area (Å²) in [5.74, 6) is -0.232. The second kappa shape index (κ2) is 9.82. The number of ether oxygens (including phenoxy) is 2. The molecule has 0 unspecified atom stereocenters. The Morgan fingerprint density at radius 2 is 1.78 bits per heavy atom. The summed E-state index contributed by atoms with van der Waals surface area (Å²) in [7, 11) is 0. The maximum atomic E-state index is 12.4. The van der Waals surface area contributed by atoms with Crippen LogP contribution in [-0.4, -0.2) is 55.1 Å². The third-order valence-electron chi connectivity index (χ3n) is 5.97. The van der Waals surface area contributed by atoms with E-state index in [0.717, 1.165) is 37.2 Å².